The van der Waals surface area contributed by atoms with Crippen LogP contribution < -0.4 is 10.5 Å². The monoisotopic (exact) mass is 397 g/mol. The second kappa shape index (κ2) is 7.93. The predicted molar refractivity (Wildman–Crippen MR) is 120 cm³/mol. The van der Waals surface area contributed by atoms with E-state index in [0.29, 0.717) is 11.3 Å². The van der Waals surface area contributed by atoms with Crippen molar-refractivity contribution in [3.8, 4) is 11.1 Å². The lowest BCUT2D eigenvalue weighted by molar-refractivity contribution is 0.282. The van der Waals surface area contributed by atoms with E-state index >= 15 is 0 Å². The minimum absolute atomic E-state index is 0.0378. The zero-order chi connectivity index (χ0) is 21.3. The minimum Gasteiger partial charge on any atom is -0.392 e. The molecule has 0 unspecified atom stereocenters. The van der Waals surface area contributed by atoms with Gasteiger partial charge in [-0.15, -0.1) is 0 Å². The van der Waals surface area contributed by atoms with Crippen molar-refractivity contribution in [2.75, 3.05) is 11.9 Å². The standard InChI is InChI=1S/C24H23N5O/c1-16-6-9-18(10-7-16)19-4-3-5-20(13-19)28(2)23-21-11-8-17(14-30)12-22(21)29(15-25)24(26)27-23/h3-13,15,25-26,30H,14H2,1-2H3. The van der Waals surface area contributed by atoms with E-state index in [1.807, 2.05) is 36.2 Å². The number of nitrogens with zero attached hydrogens (tertiary/aromatic N) is 3. The van der Waals surface area contributed by atoms with Crippen molar-refractivity contribution >= 4 is 28.7 Å². The van der Waals surface area contributed by atoms with E-state index in [1.165, 1.54) is 10.1 Å². The highest BCUT2D eigenvalue weighted by Gasteiger charge is 2.14. The summed E-state index contributed by atoms with van der Waals surface area (Å²) in [6.45, 7) is 1.97. The van der Waals surface area contributed by atoms with Crippen LogP contribution in [0, 0.1) is 17.7 Å². The number of aliphatic hydroxyl groups excluding tert-OH is 1. The molecule has 1 heterocycles. The van der Waals surface area contributed by atoms with Gasteiger partial charge in [0.05, 0.1) is 18.5 Å². The fraction of sp³-hybridized carbons (Fsp3) is 0.125. The molecule has 0 saturated carbocycles. The van der Waals surface area contributed by atoms with E-state index in [9.17, 15) is 5.11 Å². The number of nitrogens with one attached hydrogen (secondary N) is 2. The molecule has 0 radical (unpaired) electrons. The summed E-state index contributed by atoms with van der Waals surface area (Å²) in [5.41, 5.74) is 5.74. The number of fused-ring (bicyclic) bond motifs is 1. The first-order valence-electron chi connectivity index (χ1n) is 9.64. The molecule has 0 bridgehead atoms. The van der Waals surface area contributed by atoms with Gasteiger partial charge in [0.2, 0.25) is 5.62 Å². The van der Waals surface area contributed by atoms with Crippen molar-refractivity contribution in [3.63, 3.8) is 0 Å². The number of rotatable bonds is 5. The Morgan fingerprint density at radius 2 is 1.80 bits per heavy atom. The summed E-state index contributed by atoms with van der Waals surface area (Å²) in [4.78, 5) is 6.41. The van der Waals surface area contributed by atoms with Gasteiger partial charge < -0.3 is 10.0 Å². The van der Waals surface area contributed by atoms with Crippen molar-refractivity contribution in [3.05, 3.63) is 83.5 Å². The van der Waals surface area contributed by atoms with E-state index < -0.39 is 0 Å². The molecule has 0 amide bonds. The quantitative estimate of drug-likeness (QED) is 0.348. The molecule has 4 aromatic rings. The molecule has 0 atom stereocenters. The van der Waals surface area contributed by atoms with Gasteiger partial charge in [-0.25, -0.2) is 0 Å². The third kappa shape index (κ3) is 3.49. The van der Waals surface area contributed by atoms with Crippen LogP contribution >= 0.6 is 0 Å². The van der Waals surface area contributed by atoms with E-state index in [4.69, 9.17) is 10.8 Å². The van der Waals surface area contributed by atoms with E-state index in [0.717, 1.165) is 34.1 Å². The zero-order valence-corrected chi connectivity index (χ0v) is 16.9. The second-order valence-electron chi connectivity index (χ2n) is 7.24. The number of benzene rings is 3. The Morgan fingerprint density at radius 3 is 2.50 bits per heavy atom. The van der Waals surface area contributed by atoms with Crippen LogP contribution in [0.3, 0.4) is 0 Å². The third-order valence-corrected chi connectivity index (χ3v) is 5.25. The van der Waals surface area contributed by atoms with Crippen molar-refractivity contribution in [1.82, 2.24) is 9.55 Å². The normalized spacial score (nSPS) is 10.9. The third-order valence-electron chi connectivity index (χ3n) is 5.25. The first-order valence-corrected chi connectivity index (χ1v) is 9.64. The smallest absolute Gasteiger partial charge is 0.229 e. The molecule has 1 aromatic heterocycles. The maximum absolute atomic E-state index is 9.50. The number of aryl methyl sites for hydroxylation is 1. The molecular weight excluding hydrogens is 374 g/mol. The van der Waals surface area contributed by atoms with Crippen LogP contribution in [0.5, 0.6) is 0 Å². The Balaban J connectivity index is 1.85. The highest BCUT2D eigenvalue weighted by atomic mass is 16.3. The summed E-state index contributed by atoms with van der Waals surface area (Å²) >= 11 is 0. The van der Waals surface area contributed by atoms with Gasteiger partial charge in [0.1, 0.15) is 5.82 Å². The lowest BCUT2D eigenvalue weighted by Crippen LogP contribution is -2.26. The Labute approximate surface area is 174 Å². The molecule has 0 fully saturated rings. The fourth-order valence-electron chi connectivity index (χ4n) is 3.54. The van der Waals surface area contributed by atoms with Gasteiger partial charge in [-0.05, 0) is 47.9 Å². The first-order chi connectivity index (χ1) is 14.5. The highest BCUT2D eigenvalue weighted by molar-refractivity contribution is 5.94. The molecule has 150 valence electrons. The molecular formula is C24H23N5O. The van der Waals surface area contributed by atoms with Crippen LogP contribution in [0.4, 0.5) is 11.5 Å². The predicted octanol–water partition coefficient (Wildman–Crippen LogP) is 4.21. The summed E-state index contributed by atoms with van der Waals surface area (Å²) in [6.07, 6.45) is 1.07. The van der Waals surface area contributed by atoms with Crippen molar-refractivity contribution in [1.29, 1.82) is 10.8 Å². The van der Waals surface area contributed by atoms with Crippen LogP contribution in [-0.4, -0.2) is 28.0 Å². The lowest BCUT2D eigenvalue weighted by Gasteiger charge is -2.22. The Kier molecular flexibility index (Phi) is 5.16. The summed E-state index contributed by atoms with van der Waals surface area (Å²) in [5, 5.41) is 26.3. The minimum atomic E-state index is -0.104. The van der Waals surface area contributed by atoms with Crippen LogP contribution in [0.25, 0.3) is 22.0 Å². The molecule has 0 aliphatic heterocycles. The maximum atomic E-state index is 9.50. The van der Waals surface area contributed by atoms with Gasteiger partial charge in [0, 0.05) is 18.1 Å². The SMILES string of the molecule is Cc1ccc(-c2cccc(N(C)c3nc(=N)n(C=N)c4cc(CO)ccc34)c2)cc1. The Hall–Kier alpha value is -3.77. The lowest BCUT2D eigenvalue weighted by atomic mass is 10.0. The Bertz CT molecular complexity index is 1290. The molecule has 6 nitrogen and oxygen atoms in total. The molecule has 3 aromatic carbocycles. The second-order valence-corrected chi connectivity index (χ2v) is 7.24. The number of aromatic nitrogens is 2. The van der Waals surface area contributed by atoms with Gasteiger partial charge in [0.15, 0.2) is 0 Å². The molecule has 0 aliphatic rings. The summed E-state index contributed by atoms with van der Waals surface area (Å²) in [5.74, 6) is 0.624. The zero-order valence-electron chi connectivity index (χ0n) is 16.9. The van der Waals surface area contributed by atoms with Gasteiger partial charge >= 0.3 is 0 Å². The molecule has 3 N–H and O–H groups in total. The molecule has 6 heteroatoms. The number of anilines is 2. The molecule has 0 aliphatic carbocycles. The number of aliphatic hydroxyl groups is 1. The van der Waals surface area contributed by atoms with E-state index in [1.54, 1.807) is 6.07 Å². The van der Waals surface area contributed by atoms with E-state index in [-0.39, 0.29) is 12.2 Å². The van der Waals surface area contributed by atoms with Gasteiger partial charge in [0.25, 0.3) is 0 Å². The Morgan fingerprint density at radius 1 is 1.03 bits per heavy atom. The average Bonchev–Trinajstić information content (AvgIpc) is 2.78. The summed E-state index contributed by atoms with van der Waals surface area (Å²) in [7, 11) is 1.92. The van der Waals surface area contributed by atoms with Gasteiger partial charge in [-0.1, -0.05) is 48.0 Å². The van der Waals surface area contributed by atoms with Gasteiger partial charge in [-0.2, -0.15) is 4.98 Å². The summed E-state index contributed by atoms with van der Waals surface area (Å²) < 4.78 is 1.40. The molecule has 30 heavy (non-hydrogen) atoms. The van der Waals surface area contributed by atoms with Crippen molar-refractivity contribution in [2.24, 2.45) is 0 Å². The topological polar surface area (TPSA) is 89.0 Å². The summed E-state index contributed by atoms with van der Waals surface area (Å²) in [6, 6.07) is 22.1. The maximum Gasteiger partial charge on any atom is 0.229 e. The van der Waals surface area contributed by atoms with Crippen molar-refractivity contribution < 1.29 is 5.11 Å². The van der Waals surface area contributed by atoms with E-state index in [2.05, 4.69) is 48.3 Å². The highest BCUT2D eigenvalue weighted by Crippen LogP contribution is 2.31. The van der Waals surface area contributed by atoms with Crippen LogP contribution in [-0.2, 0) is 6.61 Å². The van der Waals surface area contributed by atoms with Crippen molar-refractivity contribution in [2.45, 2.75) is 13.5 Å². The van der Waals surface area contributed by atoms with Crippen LogP contribution in [0.2, 0.25) is 0 Å². The molecule has 4 rings (SSSR count). The average molecular weight is 397 g/mol. The van der Waals surface area contributed by atoms with Crippen LogP contribution in [0.15, 0.2) is 66.7 Å². The molecule has 0 saturated heterocycles. The fourth-order valence-corrected chi connectivity index (χ4v) is 3.54. The number of hydrogen-bond acceptors (Lipinski definition) is 5. The number of hydrogen-bond donors (Lipinski definition) is 3. The van der Waals surface area contributed by atoms with Gasteiger partial charge in [-0.3, -0.25) is 15.4 Å². The largest absolute Gasteiger partial charge is 0.392 e. The molecule has 0 spiro atoms. The van der Waals surface area contributed by atoms with Crippen LogP contribution in [0.1, 0.15) is 11.1 Å². The first kappa shape index (κ1) is 19.5.